The number of benzene rings is 1. The third-order valence-corrected chi connectivity index (χ3v) is 2.66. The molecule has 1 heterocycles. The van der Waals surface area contributed by atoms with Crippen LogP contribution in [0, 0.1) is 0 Å². The van der Waals surface area contributed by atoms with Crippen LogP contribution in [0.15, 0.2) is 36.4 Å². The van der Waals surface area contributed by atoms with Gasteiger partial charge in [-0.15, -0.1) is 0 Å². The van der Waals surface area contributed by atoms with Crippen molar-refractivity contribution in [3.63, 3.8) is 0 Å². The zero-order chi connectivity index (χ0) is 13.5. The highest BCUT2D eigenvalue weighted by Crippen LogP contribution is 2.19. The summed E-state index contributed by atoms with van der Waals surface area (Å²) in [7, 11) is 1.83. The predicted molar refractivity (Wildman–Crippen MR) is 77.2 cm³/mol. The van der Waals surface area contributed by atoms with Crippen LogP contribution in [0.2, 0.25) is 0 Å². The largest absolute Gasteiger partial charge is 0.396 e. The Balaban J connectivity index is 2.26. The summed E-state index contributed by atoms with van der Waals surface area (Å²) >= 11 is 0. The lowest BCUT2D eigenvalue weighted by Gasteiger charge is -2.09. The van der Waals surface area contributed by atoms with Crippen LogP contribution in [-0.4, -0.2) is 35.3 Å². The highest BCUT2D eigenvalue weighted by molar-refractivity contribution is 5.60. The van der Waals surface area contributed by atoms with Crippen molar-refractivity contribution in [2.45, 2.75) is 6.42 Å². The second kappa shape index (κ2) is 6.70. The van der Waals surface area contributed by atoms with E-state index in [0.29, 0.717) is 18.8 Å². The van der Waals surface area contributed by atoms with Crippen LogP contribution in [0.1, 0.15) is 6.42 Å². The first-order valence-corrected chi connectivity index (χ1v) is 6.30. The van der Waals surface area contributed by atoms with Crippen molar-refractivity contribution in [2.24, 2.45) is 0 Å². The Morgan fingerprint density at radius 1 is 1.11 bits per heavy atom. The SMILES string of the molecule is CNc1cc(NCCCO)nc(-c2ccccc2)n1. The normalized spacial score (nSPS) is 10.2. The number of nitrogens with zero attached hydrogens (tertiary/aromatic N) is 2. The smallest absolute Gasteiger partial charge is 0.163 e. The average Bonchev–Trinajstić information content (AvgIpc) is 2.48. The molecular formula is C14H18N4O. The van der Waals surface area contributed by atoms with E-state index in [1.165, 1.54) is 0 Å². The van der Waals surface area contributed by atoms with Crippen LogP contribution in [-0.2, 0) is 0 Å². The van der Waals surface area contributed by atoms with Gasteiger partial charge in [0.15, 0.2) is 5.82 Å². The van der Waals surface area contributed by atoms with Crippen LogP contribution < -0.4 is 10.6 Å². The first kappa shape index (κ1) is 13.3. The van der Waals surface area contributed by atoms with E-state index >= 15 is 0 Å². The van der Waals surface area contributed by atoms with Gasteiger partial charge in [0.1, 0.15) is 11.6 Å². The second-order valence-electron chi connectivity index (χ2n) is 4.08. The quantitative estimate of drug-likeness (QED) is 0.691. The first-order valence-electron chi connectivity index (χ1n) is 6.30. The molecule has 19 heavy (non-hydrogen) atoms. The van der Waals surface area contributed by atoms with Crippen molar-refractivity contribution in [1.82, 2.24) is 9.97 Å². The van der Waals surface area contributed by atoms with E-state index in [2.05, 4.69) is 20.6 Å². The molecule has 0 amide bonds. The number of aliphatic hydroxyl groups excluding tert-OH is 1. The molecule has 100 valence electrons. The van der Waals surface area contributed by atoms with Gasteiger partial charge < -0.3 is 15.7 Å². The first-order chi connectivity index (χ1) is 9.33. The highest BCUT2D eigenvalue weighted by Gasteiger charge is 2.05. The Labute approximate surface area is 112 Å². The molecule has 1 aromatic carbocycles. The Bertz CT molecular complexity index is 516. The third kappa shape index (κ3) is 3.66. The van der Waals surface area contributed by atoms with Gasteiger partial charge in [-0.25, -0.2) is 9.97 Å². The van der Waals surface area contributed by atoms with Crippen molar-refractivity contribution >= 4 is 11.6 Å². The summed E-state index contributed by atoms with van der Waals surface area (Å²) in [5.41, 5.74) is 0.977. The summed E-state index contributed by atoms with van der Waals surface area (Å²) in [5, 5.41) is 15.0. The molecule has 0 saturated heterocycles. The predicted octanol–water partition coefficient (Wildman–Crippen LogP) is 1.98. The molecule has 0 aliphatic rings. The number of rotatable bonds is 6. The van der Waals surface area contributed by atoms with Gasteiger partial charge in [0.25, 0.3) is 0 Å². The van der Waals surface area contributed by atoms with E-state index in [0.717, 1.165) is 17.2 Å². The van der Waals surface area contributed by atoms with Crippen molar-refractivity contribution in [3.05, 3.63) is 36.4 Å². The van der Waals surface area contributed by atoms with E-state index < -0.39 is 0 Å². The highest BCUT2D eigenvalue weighted by atomic mass is 16.3. The number of nitrogens with one attached hydrogen (secondary N) is 2. The van der Waals surface area contributed by atoms with Crippen LogP contribution in [0.4, 0.5) is 11.6 Å². The second-order valence-corrected chi connectivity index (χ2v) is 4.08. The van der Waals surface area contributed by atoms with Crippen molar-refractivity contribution in [3.8, 4) is 11.4 Å². The minimum absolute atomic E-state index is 0.169. The molecule has 0 bridgehead atoms. The maximum Gasteiger partial charge on any atom is 0.163 e. The van der Waals surface area contributed by atoms with E-state index in [4.69, 9.17) is 5.11 Å². The molecule has 0 atom stereocenters. The lowest BCUT2D eigenvalue weighted by molar-refractivity contribution is 0.292. The number of hydrogen-bond acceptors (Lipinski definition) is 5. The van der Waals surface area contributed by atoms with Crippen molar-refractivity contribution < 1.29 is 5.11 Å². The Morgan fingerprint density at radius 2 is 1.84 bits per heavy atom. The molecular weight excluding hydrogens is 240 g/mol. The summed E-state index contributed by atoms with van der Waals surface area (Å²) in [4.78, 5) is 8.92. The van der Waals surface area contributed by atoms with Gasteiger partial charge in [0.2, 0.25) is 0 Å². The van der Waals surface area contributed by atoms with Crippen molar-refractivity contribution in [1.29, 1.82) is 0 Å². The number of hydrogen-bond donors (Lipinski definition) is 3. The lowest BCUT2D eigenvalue weighted by atomic mass is 10.2. The maximum absolute atomic E-state index is 8.79. The van der Waals surface area contributed by atoms with Gasteiger partial charge in [-0.2, -0.15) is 0 Å². The van der Waals surface area contributed by atoms with E-state index in [-0.39, 0.29) is 6.61 Å². The summed E-state index contributed by atoms with van der Waals surface area (Å²) < 4.78 is 0. The topological polar surface area (TPSA) is 70.1 Å². The third-order valence-electron chi connectivity index (χ3n) is 2.66. The maximum atomic E-state index is 8.79. The summed E-state index contributed by atoms with van der Waals surface area (Å²) in [5.74, 6) is 2.20. The van der Waals surface area contributed by atoms with Gasteiger partial charge in [0, 0.05) is 31.8 Å². The fourth-order valence-corrected chi connectivity index (χ4v) is 1.68. The molecule has 0 saturated carbocycles. The molecule has 0 fully saturated rings. The monoisotopic (exact) mass is 258 g/mol. The Kier molecular flexibility index (Phi) is 4.69. The van der Waals surface area contributed by atoms with Crippen LogP contribution >= 0.6 is 0 Å². The molecule has 0 aliphatic heterocycles. The van der Waals surface area contributed by atoms with Gasteiger partial charge >= 0.3 is 0 Å². The molecule has 0 unspecified atom stereocenters. The van der Waals surface area contributed by atoms with E-state index in [9.17, 15) is 0 Å². The summed E-state index contributed by atoms with van der Waals surface area (Å²) in [6, 6.07) is 11.7. The van der Waals surface area contributed by atoms with Gasteiger partial charge in [0.05, 0.1) is 0 Å². The zero-order valence-corrected chi connectivity index (χ0v) is 10.9. The molecule has 5 nitrogen and oxygen atoms in total. The Morgan fingerprint density at radius 3 is 2.53 bits per heavy atom. The lowest BCUT2D eigenvalue weighted by Crippen LogP contribution is -2.07. The van der Waals surface area contributed by atoms with Gasteiger partial charge in [-0.05, 0) is 6.42 Å². The zero-order valence-electron chi connectivity index (χ0n) is 10.9. The minimum atomic E-state index is 0.169. The minimum Gasteiger partial charge on any atom is -0.396 e. The number of aliphatic hydroxyl groups is 1. The number of anilines is 2. The fourth-order valence-electron chi connectivity index (χ4n) is 1.68. The van der Waals surface area contributed by atoms with Crippen LogP contribution in [0.25, 0.3) is 11.4 Å². The molecule has 5 heteroatoms. The molecule has 0 radical (unpaired) electrons. The summed E-state index contributed by atoms with van der Waals surface area (Å²) in [6.45, 7) is 0.855. The standard InChI is InChI=1S/C14H18N4O/c1-15-12-10-13(16-8-5-9-19)18-14(17-12)11-6-3-2-4-7-11/h2-4,6-7,10,19H,5,8-9H2,1H3,(H2,15,16,17,18). The molecule has 0 spiro atoms. The molecule has 2 aromatic rings. The van der Waals surface area contributed by atoms with E-state index in [1.54, 1.807) is 0 Å². The molecule has 1 aromatic heterocycles. The van der Waals surface area contributed by atoms with Crippen LogP contribution in [0.5, 0.6) is 0 Å². The molecule has 3 N–H and O–H groups in total. The van der Waals surface area contributed by atoms with E-state index in [1.807, 2.05) is 43.4 Å². The van der Waals surface area contributed by atoms with Crippen LogP contribution in [0.3, 0.4) is 0 Å². The summed E-state index contributed by atoms with van der Waals surface area (Å²) in [6.07, 6.45) is 0.694. The average molecular weight is 258 g/mol. The fraction of sp³-hybridized carbons (Fsp3) is 0.286. The molecule has 2 rings (SSSR count). The Hall–Kier alpha value is -2.14. The molecule has 0 aliphatic carbocycles. The number of aromatic nitrogens is 2. The van der Waals surface area contributed by atoms with Gasteiger partial charge in [-0.3, -0.25) is 0 Å². The van der Waals surface area contributed by atoms with Gasteiger partial charge in [-0.1, -0.05) is 30.3 Å². The van der Waals surface area contributed by atoms with Crippen molar-refractivity contribution in [2.75, 3.05) is 30.8 Å².